The van der Waals surface area contributed by atoms with E-state index in [9.17, 15) is 0 Å². The van der Waals surface area contributed by atoms with Gasteiger partial charge in [0.15, 0.2) is 0 Å². The standard InChI is InChI=1S/C10H10ClNS/c1-7(2)13-10-5-3-4-9(11)8(10)6-12/h3-5,7H,1-2H3. The first-order valence-electron chi connectivity index (χ1n) is 4.00. The first-order valence-corrected chi connectivity index (χ1v) is 5.26. The molecule has 1 aromatic carbocycles. The van der Waals surface area contributed by atoms with Crippen molar-refractivity contribution in [2.45, 2.75) is 24.0 Å². The summed E-state index contributed by atoms with van der Waals surface area (Å²) in [5, 5.41) is 9.86. The Labute approximate surface area is 87.7 Å². The summed E-state index contributed by atoms with van der Waals surface area (Å²) in [5.41, 5.74) is 0.586. The van der Waals surface area contributed by atoms with Crippen LogP contribution >= 0.6 is 23.4 Å². The molecule has 1 nitrogen and oxygen atoms in total. The molecule has 0 fully saturated rings. The second-order valence-electron chi connectivity index (χ2n) is 2.89. The van der Waals surface area contributed by atoms with Crippen LogP contribution in [0.15, 0.2) is 23.1 Å². The second kappa shape index (κ2) is 4.55. The Morgan fingerprint density at radius 3 is 2.69 bits per heavy atom. The first kappa shape index (κ1) is 10.4. The largest absolute Gasteiger partial charge is 0.192 e. The molecule has 1 aromatic rings. The number of rotatable bonds is 2. The third kappa shape index (κ3) is 2.65. The van der Waals surface area contributed by atoms with Gasteiger partial charge in [0.1, 0.15) is 6.07 Å². The van der Waals surface area contributed by atoms with Crippen molar-refractivity contribution >= 4 is 23.4 Å². The normalized spacial score (nSPS) is 10.1. The smallest absolute Gasteiger partial charge is 0.102 e. The van der Waals surface area contributed by atoms with Gasteiger partial charge in [0.05, 0.1) is 10.6 Å². The van der Waals surface area contributed by atoms with Crippen molar-refractivity contribution in [1.82, 2.24) is 0 Å². The number of halogens is 1. The molecule has 0 amide bonds. The lowest BCUT2D eigenvalue weighted by molar-refractivity contribution is 1.11. The van der Waals surface area contributed by atoms with E-state index in [1.165, 1.54) is 0 Å². The maximum Gasteiger partial charge on any atom is 0.102 e. The van der Waals surface area contributed by atoms with E-state index in [1.54, 1.807) is 17.8 Å². The summed E-state index contributed by atoms with van der Waals surface area (Å²) in [6.07, 6.45) is 0. The third-order valence-corrected chi connectivity index (χ3v) is 2.83. The lowest BCUT2D eigenvalue weighted by Gasteiger charge is -2.06. The average molecular weight is 212 g/mol. The molecular weight excluding hydrogens is 202 g/mol. The van der Waals surface area contributed by atoms with E-state index in [0.29, 0.717) is 15.8 Å². The van der Waals surface area contributed by atoms with Gasteiger partial charge in [-0.15, -0.1) is 11.8 Å². The molecule has 3 heteroatoms. The van der Waals surface area contributed by atoms with Crippen molar-refractivity contribution in [2.75, 3.05) is 0 Å². The Morgan fingerprint density at radius 2 is 2.15 bits per heavy atom. The minimum Gasteiger partial charge on any atom is -0.192 e. The monoisotopic (exact) mass is 211 g/mol. The number of benzene rings is 1. The van der Waals surface area contributed by atoms with Crippen LogP contribution in [-0.2, 0) is 0 Å². The Balaban J connectivity index is 3.07. The van der Waals surface area contributed by atoms with Crippen molar-refractivity contribution < 1.29 is 0 Å². The number of thioether (sulfide) groups is 1. The van der Waals surface area contributed by atoms with E-state index < -0.39 is 0 Å². The molecule has 0 aromatic heterocycles. The zero-order valence-electron chi connectivity index (χ0n) is 7.54. The molecule has 0 aliphatic rings. The summed E-state index contributed by atoms with van der Waals surface area (Å²) in [5.74, 6) is 0. The number of hydrogen-bond donors (Lipinski definition) is 0. The Hall–Kier alpha value is -0.650. The molecule has 0 aliphatic heterocycles. The molecule has 0 bridgehead atoms. The third-order valence-electron chi connectivity index (χ3n) is 1.45. The van der Waals surface area contributed by atoms with E-state index in [-0.39, 0.29) is 0 Å². The van der Waals surface area contributed by atoms with Crippen LogP contribution in [0.25, 0.3) is 0 Å². The van der Waals surface area contributed by atoms with Crippen LogP contribution in [-0.4, -0.2) is 5.25 Å². The molecule has 0 spiro atoms. The van der Waals surface area contributed by atoms with Gasteiger partial charge in [-0.25, -0.2) is 0 Å². The van der Waals surface area contributed by atoms with Gasteiger partial charge in [-0.05, 0) is 12.1 Å². The highest BCUT2D eigenvalue weighted by Gasteiger charge is 2.07. The SMILES string of the molecule is CC(C)Sc1cccc(Cl)c1C#N. The van der Waals surface area contributed by atoms with Gasteiger partial charge < -0.3 is 0 Å². The highest BCUT2D eigenvalue weighted by Crippen LogP contribution is 2.30. The fourth-order valence-corrected chi connectivity index (χ4v) is 2.18. The van der Waals surface area contributed by atoms with E-state index in [1.807, 2.05) is 12.1 Å². The minimum absolute atomic E-state index is 0.463. The van der Waals surface area contributed by atoms with Gasteiger partial charge in [0.25, 0.3) is 0 Å². The highest BCUT2D eigenvalue weighted by molar-refractivity contribution is 8.00. The number of nitrogens with zero attached hydrogens (tertiary/aromatic N) is 1. The minimum atomic E-state index is 0.463. The molecule has 0 atom stereocenters. The van der Waals surface area contributed by atoms with Crippen LogP contribution in [0.5, 0.6) is 0 Å². The quantitative estimate of drug-likeness (QED) is 0.697. The summed E-state index contributed by atoms with van der Waals surface area (Å²) in [6.45, 7) is 4.18. The fraction of sp³-hybridized carbons (Fsp3) is 0.300. The lowest BCUT2D eigenvalue weighted by atomic mass is 10.2. The van der Waals surface area contributed by atoms with Crippen molar-refractivity contribution in [3.05, 3.63) is 28.8 Å². The molecule has 0 aliphatic carbocycles. The zero-order chi connectivity index (χ0) is 9.84. The molecule has 0 saturated heterocycles. The number of nitriles is 1. The summed E-state index contributed by atoms with van der Waals surface area (Å²) < 4.78 is 0. The molecule has 0 saturated carbocycles. The summed E-state index contributed by atoms with van der Waals surface area (Å²) in [6, 6.07) is 7.65. The molecular formula is C10H10ClNS. The van der Waals surface area contributed by atoms with Crippen molar-refractivity contribution in [3.63, 3.8) is 0 Å². The van der Waals surface area contributed by atoms with Gasteiger partial charge in [0, 0.05) is 10.1 Å². The zero-order valence-corrected chi connectivity index (χ0v) is 9.12. The van der Waals surface area contributed by atoms with Crippen LogP contribution in [0, 0.1) is 11.3 Å². The molecule has 0 unspecified atom stereocenters. The van der Waals surface area contributed by atoms with Crippen LogP contribution < -0.4 is 0 Å². The summed E-state index contributed by atoms with van der Waals surface area (Å²) in [7, 11) is 0. The lowest BCUT2D eigenvalue weighted by Crippen LogP contribution is -1.89. The summed E-state index contributed by atoms with van der Waals surface area (Å²) >= 11 is 7.53. The van der Waals surface area contributed by atoms with E-state index in [4.69, 9.17) is 16.9 Å². The fourth-order valence-electron chi connectivity index (χ4n) is 0.965. The van der Waals surface area contributed by atoms with Gasteiger partial charge in [0.2, 0.25) is 0 Å². The highest BCUT2D eigenvalue weighted by atomic mass is 35.5. The van der Waals surface area contributed by atoms with E-state index >= 15 is 0 Å². The Morgan fingerprint density at radius 1 is 1.46 bits per heavy atom. The predicted molar refractivity (Wildman–Crippen MR) is 57.2 cm³/mol. The topological polar surface area (TPSA) is 23.8 Å². The van der Waals surface area contributed by atoms with Crippen molar-refractivity contribution in [2.24, 2.45) is 0 Å². The van der Waals surface area contributed by atoms with Crippen LogP contribution in [0.3, 0.4) is 0 Å². The Bertz CT molecular complexity index is 341. The predicted octanol–water partition coefficient (Wildman–Crippen LogP) is 3.71. The first-order chi connectivity index (χ1) is 6.15. The molecule has 13 heavy (non-hydrogen) atoms. The number of hydrogen-bond acceptors (Lipinski definition) is 2. The van der Waals surface area contributed by atoms with Crippen LogP contribution in [0.4, 0.5) is 0 Å². The van der Waals surface area contributed by atoms with Crippen LogP contribution in [0.1, 0.15) is 19.4 Å². The van der Waals surface area contributed by atoms with Crippen LogP contribution in [0.2, 0.25) is 5.02 Å². The van der Waals surface area contributed by atoms with Crippen molar-refractivity contribution in [3.8, 4) is 6.07 Å². The van der Waals surface area contributed by atoms with Gasteiger partial charge in [-0.1, -0.05) is 31.5 Å². The molecule has 0 radical (unpaired) electrons. The van der Waals surface area contributed by atoms with E-state index in [2.05, 4.69) is 19.9 Å². The molecule has 0 heterocycles. The van der Waals surface area contributed by atoms with E-state index in [0.717, 1.165) is 4.90 Å². The molecule has 1 rings (SSSR count). The van der Waals surface area contributed by atoms with Gasteiger partial charge in [-0.2, -0.15) is 5.26 Å². The maximum absolute atomic E-state index is 8.86. The summed E-state index contributed by atoms with van der Waals surface area (Å²) in [4.78, 5) is 0.963. The van der Waals surface area contributed by atoms with Gasteiger partial charge >= 0.3 is 0 Å². The molecule has 0 N–H and O–H groups in total. The Kier molecular flexibility index (Phi) is 3.65. The van der Waals surface area contributed by atoms with Gasteiger partial charge in [-0.3, -0.25) is 0 Å². The second-order valence-corrected chi connectivity index (χ2v) is 4.92. The average Bonchev–Trinajstić information content (AvgIpc) is 2.03. The molecule has 68 valence electrons. The maximum atomic E-state index is 8.86. The van der Waals surface area contributed by atoms with Crippen molar-refractivity contribution in [1.29, 1.82) is 5.26 Å².